The number of nitrogens with two attached hydrogens (primary N) is 3. The first kappa shape index (κ1) is 32.8. The molecule has 6 aromatic rings. The molecule has 0 fully saturated rings. The lowest BCUT2D eigenvalue weighted by molar-refractivity contribution is 0.0966. The summed E-state index contributed by atoms with van der Waals surface area (Å²) in [6.45, 7) is 3.65. The number of guanidine groups is 2. The summed E-state index contributed by atoms with van der Waals surface area (Å²) in [4.78, 5) is 64.8. The summed E-state index contributed by atoms with van der Waals surface area (Å²) in [6.07, 6.45) is 0.156. The lowest BCUT2D eigenvalue weighted by Gasteiger charge is -2.12. The Labute approximate surface area is 285 Å². The number of nitrogens with one attached hydrogen (secondary N) is 2. The zero-order valence-corrected chi connectivity index (χ0v) is 27.0. The van der Waals surface area contributed by atoms with E-state index in [0.29, 0.717) is 39.1 Å². The predicted octanol–water partition coefficient (Wildman–Crippen LogP) is 3.63. The molecule has 0 saturated heterocycles. The van der Waals surface area contributed by atoms with Gasteiger partial charge in [0.15, 0.2) is 0 Å². The maximum Gasteiger partial charge on any atom is 0.258 e. The van der Waals surface area contributed by atoms with Gasteiger partial charge in [-0.2, -0.15) is 9.98 Å². The van der Waals surface area contributed by atoms with Gasteiger partial charge in [0.05, 0.1) is 22.4 Å². The highest BCUT2D eigenvalue weighted by atomic mass is 16.2. The molecule has 0 aliphatic rings. The highest BCUT2D eigenvalue weighted by Gasteiger charge is 2.17. The molecule has 0 unspecified atom stereocenters. The summed E-state index contributed by atoms with van der Waals surface area (Å²) >= 11 is 0. The first-order valence-corrected chi connectivity index (χ1v) is 15.3. The SMILES string of the molecule is Cc1nc(/N=C(\N)NC(=O)c2cc(Cc3ccccc3C(=O)N/C(N)=N/c3nc(C)c4ccccc4n3)cc(C(N)=O)c2)nc2ccccc12. The fourth-order valence-electron chi connectivity index (χ4n) is 5.37. The van der Waals surface area contributed by atoms with E-state index < -0.39 is 17.7 Å². The molecular weight excluding hydrogens is 634 g/mol. The van der Waals surface area contributed by atoms with Crippen LogP contribution >= 0.6 is 0 Å². The average molecular weight is 666 g/mol. The number of amides is 3. The quantitative estimate of drug-likeness (QED) is 0.124. The van der Waals surface area contributed by atoms with Crippen LogP contribution in [0, 0.1) is 13.8 Å². The zero-order chi connectivity index (χ0) is 35.4. The number of rotatable bonds is 7. The molecule has 2 heterocycles. The molecule has 0 atom stereocenters. The highest BCUT2D eigenvalue weighted by Crippen LogP contribution is 2.21. The molecule has 0 aliphatic heterocycles. The number of benzene rings is 4. The van der Waals surface area contributed by atoms with Crippen molar-refractivity contribution in [3.8, 4) is 0 Å². The first-order valence-electron chi connectivity index (χ1n) is 15.3. The van der Waals surface area contributed by atoms with Crippen LogP contribution in [0.15, 0.2) is 101 Å². The van der Waals surface area contributed by atoms with E-state index in [1.54, 1.807) is 36.4 Å². The van der Waals surface area contributed by atoms with Crippen molar-refractivity contribution in [2.24, 2.45) is 27.2 Å². The van der Waals surface area contributed by atoms with E-state index in [1.807, 2.05) is 62.4 Å². The van der Waals surface area contributed by atoms with Gasteiger partial charge < -0.3 is 17.2 Å². The summed E-state index contributed by atoms with van der Waals surface area (Å²) in [5, 5.41) is 6.84. The smallest absolute Gasteiger partial charge is 0.258 e. The molecule has 14 heteroatoms. The summed E-state index contributed by atoms with van der Waals surface area (Å²) < 4.78 is 0. The number of hydrogen-bond donors (Lipinski definition) is 5. The maximum absolute atomic E-state index is 13.4. The van der Waals surface area contributed by atoms with Crippen molar-refractivity contribution in [2.75, 3.05) is 0 Å². The molecule has 0 radical (unpaired) electrons. The van der Waals surface area contributed by atoms with Crippen molar-refractivity contribution in [1.29, 1.82) is 0 Å². The van der Waals surface area contributed by atoms with Crippen LogP contribution in [-0.4, -0.2) is 49.6 Å². The molecule has 8 N–H and O–H groups in total. The van der Waals surface area contributed by atoms with Gasteiger partial charge in [-0.25, -0.2) is 19.9 Å². The number of aliphatic imine (C=N–C) groups is 2. The molecule has 2 aromatic heterocycles. The van der Waals surface area contributed by atoms with E-state index in [4.69, 9.17) is 17.2 Å². The number of nitrogens with zero attached hydrogens (tertiary/aromatic N) is 6. The van der Waals surface area contributed by atoms with E-state index in [-0.39, 0.29) is 41.4 Å². The molecule has 50 heavy (non-hydrogen) atoms. The Bertz CT molecular complexity index is 2390. The van der Waals surface area contributed by atoms with Crippen molar-refractivity contribution >= 4 is 63.3 Å². The van der Waals surface area contributed by atoms with Gasteiger partial charge in [0.25, 0.3) is 23.7 Å². The molecule has 0 saturated carbocycles. The minimum Gasteiger partial charge on any atom is -0.369 e. The van der Waals surface area contributed by atoms with Gasteiger partial charge in [0, 0.05) is 27.5 Å². The Morgan fingerprint density at radius 2 is 1.12 bits per heavy atom. The molecule has 0 bridgehead atoms. The lowest BCUT2D eigenvalue weighted by Crippen LogP contribution is -2.37. The minimum atomic E-state index is -0.747. The van der Waals surface area contributed by atoms with Crippen LogP contribution in [0.5, 0.6) is 0 Å². The number of para-hydroxylation sites is 2. The van der Waals surface area contributed by atoms with Gasteiger partial charge in [0.1, 0.15) is 0 Å². The molecule has 14 nitrogen and oxygen atoms in total. The number of fused-ring (bicyclic) bond motifs is 2. The number of hydrogen-bond acceptors (Lipinski definition) is 9. The Morgan fingerprint density at radius 3 is 1.70 bits per heavy atom. The first-order chi connectivity index (χ1) is 24.0. The van der Waals surface area contributed by atoms with Crippen LogP contribution in [0.25, 0.3) is 21.8 Å². The Hall–Kier alpha value is -7.09. The summed E-state index contributed by atoms with van der Waals surface area (Å²) in [7, 11) is 0. The standard InChI is InChI=1S/C36H31N11O3/c1-19-25-10-5-7-13-28(25)42-35(40-19)46-33(38)44-31(49)24-17-21(16-23(18-24)30(37)48)15-22-9-3-4-12-27(22)32(50)45-34(39)47-36-41-20(2)26-11-6-8-14-29(26)43-36/h3-14,16-18H,15H2,1-2H3,(H2,37,48)(H3,38,40,42,44,46,49)(H3,39,41,43,45,47,50). The second-order valence-corrected chi connectivity index (χ2v) is 11.3. The normalized spacial score (nSPS) is 11.8. The second-order valence-electron chi connectivity index (χ2n) is 11.3. The van der Waals surface area contributed by atoms with Crippen LogP contribution < -0.4 is 27.8 Å². The molecule has 0 aliphatic carbocycles. The van der Waals surface area contributed by atoms with Gasteiger partial charge in [-0.05, 0) is 67.8 Å². The molecule has 248 valence electrons. The molecule has 6 rings (SSSR count). The predicted molar refractivity (Wildman–Crippen MR) is 190 cm³/mol. The van der Waals surface area contributed by atoms with Crippen molar-refractivity contribution in [3.63, 3.8) is 0 Å². The molecular formula is C36H31N11O3. The van der Waals surface area contributed by atoms with Gasteiger partial charge in [0.2, 0.25) is 17.8 Å². The van der Waals surface area contributed by atoms with E-state index in [2.05, 4.69) is 40.6 Å². The van der Waals surface area contributed by atoms with Gasteiger partial charge >= 0.3 is 0 Å². The molecule has 3 amide bonds. The fraction of sp³-hybridized carbons (Fsp3) is 0.0833. The van der Waals surface area contributed by atoms with E-state index in [0.717, 1.165) is 10.8 Å². The number of carbonyl (C=O) groups is 3. The largest absolute Gasteiger partial charge is 0.369 e. The number of aryl methyl sites for hydroxylation is 2. The summed E-state index contributed by atoms with van der Waals surface area (Å²) in [6, 6.07) is 26.2. The Kier molecular flexibility index (Phi) is 9.16. The Balaban J connectivity index is 1.21. The van der Waals surface area contributed by atoms with E-state index in [1.165, 1.54) is 6.07 Å². The monoisotopic (exact) mass is 665 g/mol. The molecule has 0 spiro atoms. The van der Waals surface area contributed by atoms with Crippen LogP contribution in [0.2, 0.25) is 0 Å². The van der Waals surface area contributed by atoms with E-state index >= 15 is 0 Å². The van der Waals surface area contributed by atoms with Crippen molar-refractivity contribution in [3.05, 3.63) is 130 Å². The van der Waals surface area contributed by atoms with Gasteiger partial charge in [-0.1, -0.05) is 54.6 Å². The van der Waals surface area contributed by atoms with Crippen molar-refractivity contribution < 1.29 is 14.4 Å². The second kappa shape index (κ2) is 13.9. The third-order valence-corrected chi connectivity index (χ3v) is 7.68. The van der Waals surface area contributed by atoms with Crippen LogP contribution in [0.3, 0.4) is 0 Å². The lowest BCUT2D eigenvalue weighted by atomic mass is 9.96. The van der Waals surface area contributed by atoms with Crippen LogP contribution in [0.1, 0.15) is 53.6 Å². The summed E-state index contributed by atoms with van der Waals surface area (Å²) in [5.74, 6) is -2.19. The number of aromatic nitrogens is 4. The highest BCUT2D eigenvalue weighted by molar-refractivity contribution is 6.08. The maximum atomic E-state index is 13.4. The average Bonchev–Trinajstić information content (AvgIpc) is 3.08. The minimum absolute atomic E-state index is 0.0750. The number of carbonyl (C=O) groups excluding carboxylic acids is 3. The zero-order valence-electron chi connectivity index (χ0n) is 27.0. The van der Waals surface area contributed by atoms with Crippen LogP contribution in [-0.2, 0) is 6.42 Å². The third-order valence-electron chi connectivity index (χ3n) is 7.68. The van der Waals surface area contributed by atoms with Crippen molar-refractivity contribution in [2.45, 2.75) is 20.3 Å². The fourth-order valence-corrected chi connectivity index (χ4v) is 5.37. The van der Waals surface area contributed by atoms with Crippen molar-refractivity contribution in [1.82, 2.24) is 30.6 Å². The third kappa shape index (κ3) is 7.39. The van der Waals surface area contributed by atoms with Crippen LogP contribution in [0.4, 0.5) is 11.9 Å². The van der Waals surface area contributed by atoms with E-state index in [9.17, 15) is 14.4 Å². The number of primary amides is 1. The summed E-state index contributed by atoms with van der Waals surface area (Å²) in [5.41, 5.74) is 22.1. The topological polar surface area (TPSA) is 230 Å². The Morgan fingerprint density at radius 1 is 0.620 bits per heavy atom. The molecule has 4 aromatic carbocycles. The van der Waals surface area contributed by atoms with Gasteiger partial charge in [-0.3, -0.25) is 25.0 Å². The van der Waals surface area contributed by atoms with Gasteiger partial charge in [-0.15, -0.1) is 0 Å².